The molecule has 1 N–H and O–H groups in total. The van der Waals surface area contributed by atoms with Crippen LogP contribution in [-0.2, 0) is 0 Å². The van der Waals surface area contributed by atoms with Gasteiger partial charge in [0.2, 0.25) is 0 Å². The third kappa shape index (κ3) is 1.74. The van der Waals surface area contributed by atoms with Crippen molar-refractivity contribution < 1.29 is 4.39 Å². The van der Waals surface area contributed by atoms with Crippen LogP contribution >= 0.6 is 0 Å². The van der Waals surface area contributed by atoms with Gasteiger partial charge in [-0.15, -0.1) is 0 Å². The van der Waals surface area contributed by atoms with E-state index >= 15 is 0 Å². The normalized spacial score (nSPS) is 11.1. The summed E-state index contributed by atoms with van der Waals surface area (Å²) >= 11 is 0. The van der Waals surface area contributed by atoms with Gasteiger partial charge in [0.05, 0.1) is 0 Å². The van der Waals surface area contributed by atoms with Crippen LogP contribution in [-0.4, -0.2) is 14.6 Å². The molecule has 0 fully saturated rings. The summed E-state index contributed by atoms with van der Waals surface area (Å²) < 4.78 is 14.3. The number of aromatic amines is 1. The number of fused-ring (bicyclic) bond motifs is 1. The molecule has 4 nitrogen and oxygen atoms in total. The summed E-state index contributed by atoms with van der Waals surface area (Å²) in [5.74, 6) is -0.291. The molecule has 2 heterocycles. The van der Waals surface area contributed by atoms with Gasteiger partial charge >= 0.3 is 0 Å². The van der Waals surface area contributed by atoms with Crippen LogP contribution in [0.4, 0.5) is 4.39 Å². The minimum atomic E-state index is -0.291. The van der Waals surface area contributed by atoms with Crippen LogP contribution in [0.3, 0.4) is 0 Å². The summed E-state index contributed by atoms with van der Waals surface area (Å²) in [6, 6.07) is 6.11. The summed E-state index contributed by atoms with van der Waals surface area (Å²) in [5, 5.41) is 2.89. The third-order valence-corrected chi connectivity index (χ3v) is 3.29. The molecule has 2 aromatic heterocycles. The van der Waals surface area contributed by atoms with E-state index in [1.807, 2.05) is 0 Å². The van der Waals surface area contributed by atoms with Crippen molar-refractivity contribution in [2.75, 3.05) is 0 Å². The highest BCUT2D eigenvalue weighted by Crippen LogP contribution is 2.23. The Kier molecular flexibility index (Phi) is 2.48. The van der Waals surface area contributed by atoms with Crippen LogP contribution in [0, 0.1) is 19.7 Å². The Balaban J connectivity index is 2.32. The second-order valence-electron chi connectivity index (χ2n) is 4.48. The molecule has 0 aliphatic carbocycles. The van der Waals surface area contributed by atoms with E-state index in [0.29, 0.717) is 16.9 Å². The standard InChI is InChI=1S/C14H12FN3O/c1-8-9(2)17-13-12(7-16-18(13)14(8)19)10-3-5-11(15)6-4-10/h3-7,16H,1-2H3. The SMILES string of the molecule is Cc1nc2c(-c3ccc(F)cc3)c[nH]n2c(=O)c1C. The molecule has 0 radical (unpaired) electrons. The van der Waals surface area contributed by atoms with Gasteiger partial charge in [0.25, 0.3) is 5.56 Å². The molecule has 1 aromatic carbocycles. The Labute approximate surface area is 108 Å². The Morgan fingerprint density at radius 2 is 1.89 bits per heavy atom. The first-order chi connectivity index (χ1) is 9.08. The molecule has 0 spiro atoms. The lowest BCUT2D eigenvalue weighted by atomic mass is 10.1. The molecule has 0 aliphatic heterocycles. The fourth-order valence-corrected chi connectivity index (χ4v) is 2.05. The van der Waals surface area contributed by atoms with Crippen LogP contribution in [0.5, 0.6) is 0 Å². The van der Waals surface area contributed by atoms with Crippen molar-refractivity contribution >= 4 is 5.65 Å². The fourth-order valence-electron chi connectivity index (χ4n) is 2.05. The monoisotopic (exact) mass is 257 g/mol. The minimum Gasteiger partial charge on any atom is -0.296 e. The minimum absolute atomic E-state index is 0.115. The Hall–Kier alpha value is -2.43. The van der Waals surface area contributed by atoms with Crippen LogP contribution in [0.25, 0.3) is 16.8 Å². The number of nitrogens with one attached hydrogen (secondary N) is 1. The molecule has 0 saturated heterocycles. The van der Waals surface area contributed by atoms with Gasteiger partial charge in [0.1, 0.15) is 5.82 Å². The van der Waals surface area contributed by atoms with Gasteiger partial charge < -0.3 is 0 Å². The smallest absolute Gasteiger partial charge is 0.275 e. The Morgan fingerprint density at radius 1 is 1.21 bits per heavy atom. The molecule has 96 valence electrons. The van der Waals surface area contributed by atoms with Gasteiger partial charge in [0.15, 0.2) is 5.65 Å². The van der Waals surface area contributed by atoms with Crippen molar-refractivity contribution in [3.63, 3.8) is 0 Å². The molecule has 19 heavy (non-hydrogen) atoms. The molecule has 0 unspecified atom stereocenters. The number of H-pyrrole nitrogens is 1. The molecule has 0 amide bonds. The summed E-state index contributed by atoms with van der Waals surface area (Å²) in [4.78, 5) is 16.5. The number of halogens is 1. The van der Waals surface area contributed by atoms with E-state index in [4.69, 9.17) is 0 Å². The predicted octanol–water partition coefficient (Wildman–Crippen LogP) is 2.45. The molecule has 0 saturated carbocycles. The molecule has 5 heteroatoms. The summed E-state index contributed by atoms with van der Waals surface area (Å²) in [7, 11) is 0. The van der Waals surface area contributed by atoms with E-state index in [1.165, 1.54) is 16.6 Å². The van der Waals surface area contributed by atoms with E-state index in [9.17, 15) is 9.18 Å². The number of hydrogen-bond donors (Lipinski definition) is 1. The molecule has 0 atom stereocenters. The average Bonchev–Trinajstić information content (AvgIpc) is 2.81. The van der Waals surface area contributed by atoms with Crippen molar-refractivity contribution in [3.05, 3.63) is 57.9 Å². The molecule has 3 aromatic rings. The number of hydrogen-bond acceptors (Lipinski definition) is 2. The molecular weight excluding hydrogens is 245 g/mol. The summed E-state index contributed by atoms with van der Waals surface area (Å²) in [6.45, 7) is 3.55. The van der Waals surface area contributed by atoms with Crippen LogP contribution in [0.2, 0.25) is 0 Å². The largest absolute Gasteiger partial charge is 0.296 e. The first-order valence-corrected chi connectivity index (χ1v) is 5.91. The van der Waals surface area contributed by atoms with Gasteiger partial charge in [-0.3, -0.25) is 9.89 Å². The van der Waals surface area contributed by atoms with E-state index in [2.05, 4.69) is 10.1 Å². The number of nitrogens with zero attached hydrogens (tertiary/aromatic N) is 2. The van der Waals surface area contributed by atoms with Gasteiger partial charge in [-0.2, -0.15) is 0 Å². The number of benzene rings is 1. The lowest BCUT2D eigenvalue weighted by Crippen LogP contribution is -2.19. The first-order valence-electron chi connectivity index (χ1n) is 5.91. The van der Waals surface area contributed by atoms with Crippen LogP contribution in [0.1, 0.15) is 11.3 Å². The predicted molar refractivity (Wildman–Crippen MR) is 70.7 cm³/mol. The van der Waals surface area contributed by atoms with Gasteiger partial charge in [0, 0.05) is 23.0 Å². The van der Waals surface area contributed by atoms with Crippen LogP contribution < -0.4 is 5.56 Å². The quantitative estimate of drug-likeness (QED) is 0.728. The molecule has 3 rings (SSSR count). The van der Waals surface area contributed by atoms with E-state index < -0.39 is 0 Å². The Morgan fingerprint density at radius 3 is 2.58 bits per heavy atom. The van der Waals surface area contributed by atoms with Crippen molar-refractivity contribution in [2.24, 2.45) is 0 Å². The number of rotatable bonds is 1. The zero-order valence-corrected chi connectivity index (χ0v) is 10.6. The summed E-state index contributed by atoms with van der Waals surface area (Å²) in [6.07, 6.45) is 1.70. The average molecular weight is 257 g/mol. The van der Waals surface area contributed by atoms with E-state index in [1.54, 1.807) is 32.2 Å². The van der Waals surface area contributed by atoms with Gasteiger partial charge in [-0.05, 0) is 31.5 Å². The van der Waals surface area contributed by atoms with Crippen LogP contribution in [0.15, 0.2) is 35.3 Å². The lowest BCUT2D eigenvalue weighted by molar-refractivity contribution is 0.628. The highest BCUT2D eigenvalue weighted by Gasteiger charge is 2.12. The fraction of sp³-hybridized carbons (Fsp3) is 0.143. The van der Waals surface area contributed by atoms with Crippen molar-refractivity contribution in [2.45, 2.75) is 13.8 Å². The second kappa shape index (κ2) is 4.05. The van der Waals surface area contributed by atoms with Crippen molar-refractivity contribution in [1.29, 1.82) is 0 Å². The van der Waals surface area contributed by atoms with Gasteiger partial charge in [-0.1, -0.05) is 12.1 Å². The molecular formula is C14H12FN3O. The maximum absolute atomic E-state index is 12.9. The number of aryl methyl sites for hydroxylation is 1. The topological polar surface area (TPSA) is 50.2 Å². The molecule has 0 aliphatic rings. The van der Waals surface area contributed by atoms with E-state index in [0.717, 1.165) is 11.1 Å². The lowest BCUT2D eigenvalue weighted by Gasteiger charge is -2.02. The number of aromatic nitrogens is 3. The second-order valence-corrected chi connectivity index (χ2v) is 4.48. The molecule has 0 bridgehead atoms. The highest BCUT2D eigenvalue weighted by molar-refractivity contribution is 5.76. The maximum atomic E-state index is 12.9. The Bertz CT molecular complexity index is 815. The zero-order valence-electron chi connectivity index (χ0n) is 10.6. The zero-order chi connectivity index (χ0) is 13.6. The van der Waals surface area contributed by atoms with Gasteiger partial charge in [-0.25, -0.2) is 13.9 Å². The third-order valence-electron chi connectivity index (χ3n) is 3.29. The summed E-state index contributed by atoms with van der Waals surface area (Å²) in [5.41, 5.74) is 3.35. The van der Waals surface area contributed by atoms with Crippen molar-refractivity contribution in [1.82, 2.24) is 14.6 Å². The van der Waals surface area contributed by atoms with E-state index in [-0.39, 0.29) is 11.4 Å². The maximum Gasteiger partial charge on any atom is 0.275 e. The van der Waals surface area contributed by atoms with Crippen molar-refractivity contribution in [3.8, 4) is 11.1 Å². The highest BCUT2D eigenvalue weighted by atomic mass is 19.1. The first kappa shape index (κ1) is 11.6.